The van der Waals surface area contributed by atoms with Crippen molar-refractivity contribution < 1.29 is 9.53 Å². The quantitative estimate of drug-likeness (QED) is 0.673. The third-order valence-corrected chi connectivity index (χ3v) is 6.05. The molecule has 8 nitrogen and oxygen atoms in total. The standard InChI is InChI=1S/C22H26N4O4/c1-30-10-9-25-19(23)18(20(27)24-22(25)29)26(13-14-5-3-2-4-6-14)21(28)17-12-15-7-8-16(17)11-15/h2-8,15-17H,9-13,23H2,1H3,(H,24,27,29)/t15-,16-,17-/m0/s1. The number of carbonyl (C=O) groups excluding carboxylic acids is 1. The number of allylic oxidation sites excluding steroid dienone is 2. The van der Waals surface area contributed by atoms with Gasteiger partial charge in [0.15, 0.2) is 5.69 Å². The molecule has 0 saturated heterocycles. The van der Waals surface area contributed by atoms with Crippen LogP contribution < -0.4 is 21.9 Å². The number of aromatic amines is 1. The van der Waals surface area contributed by atoms with Crippen LogP contribution in [0.2, 0.25) is 0 Å². The summed E-state index contributed by atoms with van der Waals surface area (Å²) >= 11 is 0. The molecule has 1 fully saturated rings. The first kappa shape index (κ1) is 20.2. The summed E-state index contributed by atoms with van der Waals surface area (Å²) in [6.45, 7) is 0.627. The number of nitrogens with zero attached hydrogens (tertiary/aromatic N) is 2. The van der Waals surface area contributed by atoms with Gasteiger partial charge in [0.05, 0.1) is 19.7 Å². The van der Waals surface area contributed by atoms with Crippen molar-refractivity contribution in [2.45, 2.75) is 25.9 Å². The highest BCUT2D eigenvalue weighted by molar-refractivity contribution is 5.97. The Bertz CT molecular complexity index is 1070. The second-order valence-corrected chi connectivity index (χ2v) is 7.93. The predicted octanol–water partition coefficient (Wildman–Crippen LogP) is 1.51. The van der Waals surface area contributed by atoms with Gasteiger partial charge in [-0.25, -0.2) is 4.79 Å². The Morgan fingerprint density at radius 2 is 2.00 bits per heavy atom. The molecule has 4 rings (SSSR count). The van der Waals surface area contributed by atoms with E-state index in [1.807, 2.05) is 30.3 Å². The van der Waals surface area contributed by atoms with E-state index in [0.717, 1.165) is 18.4 Å². The van der Waals surface area contributed by atoms with E-state index in [-0.39, 0.29) is 48.9 Å². The first-order valence-corrected chi connectivity index (χ1v) is 10.1. The summed E-state index contributed by atoms with van der Waals surface area (Å²) in [5.74, 6) is 0.241. The zero-order valence-corrected chi connectivity index (χ0v) is 16.9. The lowest BCUT2D eigenvalue weighted by molar-refractivity contribution is -0.123. The second-order valence-electron chi connectivity index (χ2n) is 7.93. The molecule has 0 aliphatic heterocycles. The molecule has 0 radical (unpaired) electrons. The monoisotopic (exact) mass is 410 g/mol. The number of hydrogen-bond donors (Lipinski definition) is 2. The Kier molecular flexibility index (Phi) is 5.59. The van der Waals surface area contributed by atoms with Crippen molar-refractivity contribution in [3.05, 3.63) is 68.9 Å². The van der Waals surface area contributed by atoms with Gasteiger partial charge >= 0.3 is 5.69 Å². The number of H-pyrrole nitrogens is 1. The summed E-state index contributed by atoms with van der Waals surface area (Å²) < 4.78 is 6.29. The molecule has 2 aromatic rings. The highest BCUT2D eigenvalue weighted by Gasteiger charge is 2.42. The van der Waals surface area contributed by atoms with E-state index in [4.69, 9.17) is 10.5 Å². The van der Waals surface area contributed by atoms with Gasteiger partial charge < -0.3 is 10.5 Å². The molecule has 30 heavy (non-hydrogen) atoms. The van der Waals surface area contributed by atoms with Gasteiger partial charge in [-0.1, -0.05) is 42.5 Å². The van der Waals surface area contributed by atoms with Gasteiger partial charge in [-0.15, -0.1) is 0 Å². The van der Waals surface area contributed by atoms with E-state index < -0.39 is 11.2 Å². The van der Waals surface area contributed by atoms with Crippen LogP contribution in [0.1, 0.15) is 18.4 Å². The molecular weight excluding hydrogens is 384 g/mol. The molecule has 1 heterocycles. The predicted molar refractivity (Wildman–Crippen MR) is 114 cm³/mol. The topological polar surface area (TPSA) is 110 Å². The average molecular weight is 410 g/mol. The number of ether oxygens (including phenoxy) is 1. The number of benzene rings is 1. The minimum absolute atomic E-state index is 0.0197. The lowest BCUT2D eigenvalue weighted by atomic mass is 9.92. The third kappa shape index (κ3) is 3.70. The Hall–Kier alpha value is -3.13. The first-order chi connectivity index (χ1) is 14.5. The lowest BCUT2D eigenvalue weighted by Crippen LogP contribution is -2.44. The summed E-state index contributed by atoms with van der Waals surface area (Å²) in [7, 11) is 1.52. The minimum Gasteiger partial charge on any atom is -0.383 e. The van der Waals surface area contributed by atoms with Crippen LogP contribution in [0.3, 0.4) is 0 Å². The Labute approximate surface area is 174 Å². The van der Waals surface area contributed by atoms with E-state index in [1.165, 1.54) is 16.6 Å². The molecular formula is C22H26N4O4. The number of nitrogen functional groups attached to an aromatic ring is 1. The number of anilines is 2. The van der Waals surface area contributed by atoms with Crippen LogP contribution in [0, 0.1) is 17.8 Å². The number of nitrogens with two attached hydrogens (primary N) is 1. The van der Waals surface area contributed by atoms with Crippen molar-refractivity contribution in [2.24, 2.45) is 17.8 Å². The van der Waals surface area contributed by atoms with E-state index in [0.29, 0.717) is 5.92 Å². The number of hydrogen-bond acceptors (Lipinski definition) is 5. The molecule has 1 aromatic heterocycles. The number of methoxy groups -OCH3 is 1. The van der Waals surface area contributed by atoms with Gasteiger partial charge in [-0.3, -0.25) is 24.0 Å². The van der Waals surface area contributed by atoms with Gasteiger partial charge in [-0.2, -0.15) is 0 Å². The second kappa shape index (κ2) is 8.31. The summed E-state index contributed by atoms with van der Waals surface area (Å²) in [4.78, 5) is 42.5. The molecule has 0 unspecified atom stereocenters. The lowest BCUT2D eigenvalue weighted by Gasteiger charge is -2.29. The highest BCUT2D eigenvalue weighted by Crippen LogP contribution is 2.44. The van der Waals surface area contributed by atoms with Crippen molar-refractivity contribution in [3.8, 4) is 0 Å². The van der Waals surface area contributed by atoms with Gasteiger partial charge in [0.25, 0.3) is 5.56 Å². The first-order valence-electron chi connectivity index (χ1n) is 10.1. The average Bonchev–Trinajstić information content (AvgIpc) is 3.37. The summed E-state index contributed by atoms with van der Waals surface area (Å²) in [6, 6.07) is 9.44. The van der Waals surface area contributed by atoms with E-state index >= 15 is 0 Å². The zero-order chi connectivity index (χ0) is 21.3. The molecule has 0 spiro atoms. The van der Waals surface area contributed by atoms with E-state index in [9.17, 15) is 14.4 Å². The maximum Gasteiger partial charge on any atom is 0.330 e. The van der Waals surface area contributed by atoms with Crippen LogP contribution >= 0.6 is 0 Å². The van der Waals surface area contributed by atoms with Crippen LogP contribution in [0.4, 0.5) is 11.5 Å². The van der Waals surface area contributed by atoms with Crippen LogP contribution in [0.5, 0.6) is 0 Å². The normalized spacial score (nSPS) is 21.8. The highest BCUT2D eigenvalue weighted by atomic mass is 16.5. The Balaban J connectivity index is 1.77. The number of carbonyl (C=O) groups is 1. The maximum absolute atomic E-state index is 13.6. The summed E-state index contributed by atoms with van der Waals surface area (Å²) in [5, 5.41) is 0. The largest absolute Gasteiger partial charge is 0.383 e. The molecule has 1 saturated carbocycles. The van der Waals surface area contributed by atoms with Crippen LogP contribution in [0.15, 0.2) is 52.1 Å². The van der Waals surface area contributed by atoms with E-state index in [2.05, 4.69) is 17.1 Å². The smallest absolute Gasteiger partial charge is 0.330 e. The number of fused-ring (bicyclic) bond motifs is 2. The fraction of sp³-hybridized carbons (Fsp3) is 0.409. The molecule has 3 atom stereocenters. The van der Waals surface area contributed by atoms with Gasteiger partial charge in [0.1, 0.15) is 5.82 Å². The summed E-state index contributed by atoms with van der Waals surface area (Å²) in [5.41, 5.74) is 5.89. The fourth-order valence-corrected chi connectivity index (χ4v) is 4.54. The van der Waals surface area contributed by atoms with Gasteiger partial charge in [0, 0.05) is 13.0 Å². The third-order valence-electron chi connectivity index (χ3n) is 6.05. The van der Waals surface area contributed by atoms with Crippen LogP contribution in [-0.4, -0.2) is 29.2 Å². The fourth-order valence-electron chi connectivity index (χ4n) is 4.54. The van der Waals surface area contributed by atoms with Crippen molar-refractivity contribution >= 4 is 17.4 Å². The molecule has 2 aliphatic rings. The summed E-state index contributed by atoms with van der Waals surface area (Å²) in [6.07, 6.45) is 6.01. The molecule has 1 aromatic carbocycles. The molecule has 1 amide bonds. The van der Waals surface area contributed by atoms with Crippen LogP contribution in [0.25, 0.3) is 0 Å². The molecule has 2 bridgehead atoms. The zero-order valence-electron chi connectivity index (χ0n) is 16.9. The maximum atomic E-state index is 13.6. The Morgan fingerprint density at radius 3 is 2.63 bits per heavy atom. The van der Waals surface area contributed by atoms with Gasteiger partial charge in [0.2, 0.25) is 5.91 Å². The van der Waals surface area contributed by atoms with Crippen molar-refractivity contribution in [1.82, 2.24) is 9.55 Å². The van der Waals surface area contributed by atoms with E-state index in [1.54, 1.807) is 0 Å². The number of nitrogens with one attached hydrogen (secondary N) is 1. The minimum atomic E-state index is -0.658. The van der Waals surface area contributed by atoms with Crippen molar-refractivity contribution in [1.29, 1.82) is 0 Å². The van der Waals surface area contributed by atoms with Crippen molar-refractivity contribution in [3.63, 3.8) is 0 Å². The molecule has 2 aliphatic carbocycles. The molecule has 3 N–H and O–H groups in total. The van der Waals surface area contributed by atoms with Crippen molar-refractivity contribution in [2.75, 3.05) is 24.4 Å². The number of rotatable bonds is 7. The molecule has 158 valence electrons. The van der Waals surface area contributed by atoms with Crippen LogP contribution in [-0.2, 0) is 22.6 Å². The SMILES string of the molecule is COCCn1c(N)c(N(Cc2ccccc2)C(=O)[C@H]2C[C@H]3C=C[C@H]2C3)c(=O)[nH]c1=O. The molecule has 8 heteroatoms. The number of aromatic nitrogens is 2. The Morgan fingerprint density at radius 1 is 1.23 bits per heavy atom. The number of amides is 1. The van der Waals surface area contributed by atoms with Gasteiger partial charge in [-0.05, 0) is 30.2 Å².